The highest BCUT2D eigenvalue weighted by molar-refractivity contribution is 5.86. The number of rotatable bonds is 10. The molecule has 0 atom stereocenters. The van der Waals surface area contributed by atoms with Gasteiger partial charge in [-0.15, -0.1) is 10.2 Å². The maximum Gasteiger partial charge on any atom is 0.242 e. The average molecular weight is 556 g/mol. The van der Waals surface area contributed by atoms with Gasteiger partial charge in [0, 0.05) is 37.8 Å². The third-order valence-electron chi connectivity index (χ3n) is 7.10. The van der Waals surface area contributed by atoms with Gasteiger partial charge in [0.2, 0.25) is 11.8 Å². The fourth-order valence-corrected chi connectivity index (χ4v) is 4.80. The highest BCUT2D eigenvalue weighted by atomic mass is 16.5. The highest BCUT2D eigenvalue weighted by Crippen LogP contribution is 2.32. The number of anilines is 1. The Hall–Kier alpha value is -4.86. The number of benzene rings is 2. The molecule has 1 fully saturated rings. The minimum absolute atomic E-state index is 0.00936. The smallest absolute Gasteiger partial charge is 0.242 e. The second-order valence-corrected chi connectivity index (χ2v) is 9.70. The molecule has 1 aliphatic heterocycles. The van der Waals surface area contributed by atoms with Gasteiger partial charge in [-0.2, -0.15) is 0 Å². The Morgan fingerprint density at radius 3 is 2.37 bits per heavy atom. The first-order chi connectivity index (χ1) is 20.0. The minimum atomic E-state index is -0.122. The lowest BCUT2D eigenvalue weighted by atomic mass is 10.1. The Morgan fingerprint density at radius 2 is 1.71 bits per heavy atom. The second kappa shape index (κ2) is 13.0. The van der Waals surface area contributed by atoms with E-state index < -0.39 is 0 Å². The Balaban J connectivity index is 1.19. The topological polar surface area (TPSA) is 101 Å². The van der Waals surface area contributed by atoms with Crippen LogP contribution in [0.4, 0.5) is 5.82 Å². The zero-order valence-electron chi connectivity index (χ0n) is 23.2. The van der Waals surface area contributed by atoms with Gasteiger partial charge in [0.05, 0.1) is 39.1 Å². The number of carbonyl (C=O) groups excluding carboxylic acids is 2. The number of aromatic nitrogens is 2. The maximum absolute atomic E-state index is 13.3. The zero-order valence-corrected chi connectivity index (χ0v) is 23.2. The molecule has 4 aromatic rings. The lowest BCUT2D eigenvalue weighted by Gasteiger charge is -2.36. The first-order valence-electron chi connectivity index (χ1n) is 13.5. The molecule has 2 aromatic heterocycles. The van der Waals surface area contributed by atoms with Crippen LogP contribution in [0.15, 0.2) is 83.5 Å². The maximum atomic E-state index is 13.3. The molecule has 0 saturated carbocycles. The number of carbonyl (C=O) groups is 2. The van der Waals surface area contributed by atoms with Crippen LogP contribution < -0.4 is 14.4 Å². The second-order valence-electron chi connectivity index (χ2n) is 9.70. The molecule has 5 rings (SSSR count). The molecule has 212 valence electrons. The van der Waals surface area contributed by atoms with Crippen LogP contribution in [0.2, 0.25) is 0 Å². The summed E-state index contributed by atoms with van der Waals surface area (Å²) in [5.41, 5.74) is 2.42. The Labute approximate surface area is 239 Å². The predicted molar refractivity (Wildman–Crippen MR) is 154 cm³/mol. The van der Waals surface area contributed by atoms with Gasteiger partial charge < -0.3 is 28.6 Å². The number of amides is 2. The summed E-state index contributed by atoms with van der Waals surface area (Å²) in [5, 5.41) is 8.87. The minimum Gasteiger partial charge on any atom is -0.497 e. The molecule has 0 unspecified atom stereocenters. The van der Waals surface area contributed by atoms with E-state index in [2.05, 4.69) is 15.1 Å². The lowest BCUT2D eigenvalue weighted by Crippen LogP contribution is -2.52. The molecule has 1 aliphatic rings. The van der Waals surface area contributed by atoms with Crippen molar-refractivity contribution in [2.45, 2.75) is 13.0 Å². The summed E-state index contributed by atoms with van der Waals surface area (Å²) in [5.74, 6) is 2.52. The summed E-state index contributed by atoms with van der Waals surface area (Å²) >= 11 is 0. The van der Waals surface area contributed by atoms with Crippen LogP contribution in [0.1, 0.15) is 11.3 Å². The first kappa shape index (κ1) is 27.7. The summed E-state index contributed by atoms with van der Waals surface area (Å²) in [6.07, 6.45) is 1.79. The van der Waals surface area contributed by atoms with Crippen molar-refractivity contribution in [2.75, 3.05) is 51.8 Å². The van der Waals surface area contributed by atoms with E-state index in [-0.39, 0.29) is 31.3 Å². The van der Waals surface area contributed by atoms with Gasteiger partial charge in [0.25, 0.3) is 0 Å². The number of nitrogens with zero attached hydrogens (tertiary/aromatic N) is 5. The van der Waals surface area contributed by atoms with Crippen LogP contribution in [0.3, 0.4) is 0 Å². The van der Waals surface area contributed by atoms with Gasteiger partial charge in [-0.1, -0.05) is 30.3 Å². The molecule has 1 saturated heterocycles. The van der Waals surface area contributed by atoms with E-state index in [0.717, 1.165) is 16.9 Å². The number of piperazine rings is 1. The standard InChI is InChI=1S/C31H33N5O5/c1-39-24-10-11-26(28(20-24)40-2)27-12-13-29(33-32-27)34-14-16-35(17-15-34)31(38)22-36(21-25-9-6-18-41-25)30(37)19-23-7-4-3-5-8-23/h3-13,18,20H,14-17,19,21-22H2,1-2H3. The summed E-state index contributed by atoms with van der Waals surface area (Å²) in [4.78, 5) is 31.9. The van der Waals surface area contributed by atoms with Crippen molar-refractivity contribution in [2.24, 2.45) is 0 Å². The molecule has 10 heteroatoms. The Morgan fingerprint density at radius 1 is 0.902 bits per heavy atom. The third-order valence-corrected chi connectivity index (χ3v) is 7.10. The number of hydrogen-bond acceptors (Lipinski definition) is 8. The van der Waals surface area contributed by atoms with Crippen LogP contribution >= 0.6 is 0 Å². The molecule has 2 amide bonds. The normalized spacial score (nSPS) is 13.1. The third kappa shape index (κ3) is 6.84. The van der Waals surface area contributed by atoms with Crippen molar-refractivity contribution < 1.29 is 23.5 Å². The number of ether oxygens (including phenoxy) is 2. The largest absolute Gasteiger partial charge is 0.497 e. The summed E-state index contributed by atoms with van der Waals surface area (Å²) in [6, 6.07) is 22.5. The van der Waals surface area contributed by atoms with Crippen molar-refractivity contribution in [1.29, 1.82) is 0 Å². The first-order valence-corrected chi connectivity index (χ1v) is 13.5. The number of furan rings is 1. The van der Waals surface area contributed by atoms with Gasteiger partial charge in [0.1, 0.15) is 23.8 Å². The molecular weight excluding hydrogens is 522 g/mol. The highest BCUT2D eigenvalue weighted by Gasteiger charge is 2.26. The van der Waals surface area contributed by atoms with E-state index >= 15 is 0 Å². The molecule has 10 nitrogen and oxygen atoms in total. The van der Waals surface area contributed by atoms with Crippen LogP contribution in [-0.4, -0.2) is 78.8 Å². The van der Waals surface area contributed by atoms with Crippen molar-refractivity contribution in [3.63, 3.8) is 0 Å². The van der Waals surface area contributed by atoms with E-state index in [4.69, 9.17) is 13.9 Å². The predicted octanol–water partition coefficient (Wildman–Crippen LogP) is 3.67. The molecule has 0 N–H and O–H groups in total. The monoisotopic (exact) mass is 555 g/mol. The van der Waals surface area contributed by atoms with Crippen molar-refractivity contribution in [1.82, 2.24) is 20.0 Å². The molecule has 0 aliphatic carbocycles. The van der Waals surface area contributed by atoms with Crippen molar-refractivity contribution >= 4 is 17.6 Å². The number of hydrogen-bond donors (Lipinski definition) is 0. The van der Waals surface area contributed by atoms with Gasteiger partial charge in [-0.25, -0.2) is 0 Å². The molecule has 0 bridgehead atoms. The Kier molecular flexibility index (Phi) is 8.78. The fourth-order valence-electron chi connectivity index (χ4n) is 4.80. The number of methoxy groups -OCH3 is 2. The molecule has 2 aromatic carbocycles. The summed E-state index contributed by atoms with van der Waals surface area (Å²) < 4.78 is 16.2. The lowest BCUT2D eigenvalue weighted by molar-refractivity contribution is -0.141. The zero-order chi connectivity index (χ0) is 28.6. The Bertz CT molecular complexity index is 1440. The average Bonchev–Trinajstić information content (AvgIpc) is 3.54. The van der Waals surface area contributed by atoms with E-state index in [9.17, 15) is 9.59 Å². The van der Waals surface area contributed by atoms with E-state index in [1.54, 1.807) is 36.3 Å². The quantitative estimate of drug-likeness (QED) is 0.292. The van der Waals surface area contributed by atoms with E-state index in [0.29, 0.717) is 49.1 Å². The van der Waals surface area contributed by atoms with Crippen molar-refractivity contribution in [3.8, 4) is 22.8 Å². The van der Waals surface area contributed by atoms with Gasteiger partial charge >= 0.3 is 0 Å². The van der Waals surface area contributed by atoms with Crippen LogP contribution in [-0.2, 0) is 22.6 Å². The van der Waals surface area contributed by atoms with Crippen molar-refractivity contribution in [3.05, 3.63) is 90.4 Å². The van der Waals surface area contributed by atoms with Gasteiger partial charge in [-0.3, -0.25) is 9.59 Å². The molecule has 0 spiro atoms. The SMILES string of the molecule is COc1ccc(-c2ccc(N3CCN(C(=O)CN(Cc4ccco4)C(=O)Cc4ccccc4)CC3)nn2)c(OC)c1. The van der Waals surface area contributed by atoms with Crippen LogP contribution in [0, 0.1) is 0 Å². The molecular formula is C31H33N5O5. The summed E-state index contributed by atoms with van der Waals surface area (Å²) in [7, 11) is 3.22. The van der Waals surface area contributed by atoms with E-state index in [1.165, 1.54) is 0 Å². The molecule has 41 heavy (non-hydrogen) atoms. The fraction of sp³-hybridized carbons (Fsp3) is 0.290. The molecule has 3 heterocycles. The summed E-state index contributed by atoms with van der Waals surface area (Å²) in [6.45, 7) is 2.51. The molecule has 0 radical (unpaired) electrons. The van der Waals surface area contributed by atoms with E-state index in [1.807, 2.05) is 66.7 Å². The van der Waals surface area contributed by atoms with Crippen LogP contribution in [0.25, 0.3) is 11.3 Å². The van der Waals surface area contributed by atoms with Gasteiger partial charge in [0.15, 0.2) is 5.82 Å². The van der Waals surface area contributed by atoms with Gasteiger partial charge in [-0.05, 0) is 42.0 Å². The van der Waals surface area contributed by atoms with Crippen LogP contribution in [0.5, 0.6) is 11.5 Å².